The van der Waals surface area contributed by atoms with Crippen LogP contribution in [0, 0.1) is 0 Å². The molecule has 2 rings (SSSR count). The number of hydrogen-bond acceptors (Lipinski definition) is 7. The van der Waals surface area contributed by atoms with Crippen LogP contribution in [0.15, 0.2) is 34.3 Å². The van der Waals surface area contributed by atoms with Crippen LogP contribution in [0.1, 0.15) is 31.1 Å². The Bertz CT molecular complexity index is 745. The molecule has 0 unspecified atom stereocenters. The number of nitrogens with zero attached hydrogens (tertiary/aromatic N) is 3. The van der Waals surface area contributed by atoms with Crippen LogP contribution in [0.2, 0.25) is 5.02 Å². The summed E-state index contributed by atoms with van der Waals surface area (Å²) in [5, 5.41) is 9.69. The largest absolute Gasteiger partial charge is 0.481 e. The first-order chi connectivity index (χ1) is 13.4. The molecule has 0 saturated carbocycles. The molecule has 7 nitrogen and oxygen atoms in total. The predicted octanol–water partition coefficient (Wildman–Crippen LogP) is 4.34. The Balaban J connectivity index is 0.000000480. The molecule has 0 spiro atoms. The fourth-order valence-corrected chi connectivity index (χ4v) is 3.43. The molecular formula is C19H26ClN3O4S. The number of aromatic nitrogens is 2. The van der Waals surface area contributed by atoms with Crippen molar-refractivity contribution < 1.29 is 19.4 Å². The molecule has 0 aliphatic rings. The lowest BCUT2D eigenvalue weighted by atomic mass is 10.2. The van der Waals surface area contributed by atoms with E-state index in [1.807, 2.05) is 0 Å². The van der Waals surface area contributed by atoms with Crippen molar-refractivity contribution in [3.05, 3.63) is 34.9 Å². The van der Waals surface area contributed by atoms with Gasteiger partial charge in [-0.25, -0.2) is 4.79 Å². The summed E-state index contributed by atoms with van der Waals surface area (Å²) in [5.74, 6) is -0.468. The Labute approximate surface area is 175 Å². The highest BCUT2D eigenvalue weighted by Gasteiger charge is 2.17. The zero-order chi connectivity index (χ0) is 21.1. The minimum absolute atomic E-state index is 0.00885. The summed E-state index contributed by atoms with van der Waals surface area (Å²) >= 11 is 6.99. The molecule has 9 heteroatoms. The van der Waals surface area contributed by atoms with E-state index in [1.165, 1.54) is 46.0 Å². The van der Waals surface area contributed by atoms with Gasteiger partial charge in [0, 0.05) is 4.90 Å². The van der Waals surface area contributed by atoms with Gasteiger partial charge in [0.15, 0.2) is 5.16 Å². The number of carboxylic acids is 1. The van der Waals surface area contributed by atoms with Gasteiger partial charge >= 0.3 is 5.97 Å². The fraction of sp³-hybridized carbons (Fsp3) is 0.421. The Kier molecular flexibility index (Phi) is 10.7. The number of hydrogen-bond donors (Lipinski definition) is 1. The van der Waals surface area contributed by atoms with Crippen molar-refractivity contribution in [1.82, 2.24) is 14.9 Å². The van der Waals surface area contributed by atoms with Gasteiger partial charge in [-0.05, 0) is 43.5 Å². The maximum Gasteiger partial charge on any atom is 0.338 e. The number of aromatic carboxylic acids is 1. The molecule has 1 heterocycles. The van der Waals surface area contributed by atoms with Gasteiger partial charge in [-0.3, -0.25) is 0 Å². The van der Waals surface area contributed by atoms with Crippen molar-refractivity contribution in [2.24, 2.45) is 0 Å². The molecule has 0 fully saturated rings. The number of methoxy groups -OCH3 is 2. The summed E-state index contributed by atoms with van der Waals surface area (Å²) in [6.45, 7) is 10.1. The van der Waals surface area contributed by atoms with Crippen molar-refractivity contribution in [3.63, 3.8) is 0 Å². The van der Waals surface area contributed by atoms with Crippen LogP contribution in [-0.4, -0.2) is 59.8 Å². The smallest absolute Gasteiger partial charge is 0.338 e. The first-order valence-corrected chi connectivity index (χ1v) is 9.98. The zero-order valence-electron chi connectivity index (χ0n) is 16.7. The van der Waals surface area contributed by atoms with Crippen molar-refractivity contribution in [1.29, 1.82) is 0 Å². The minimum atomic E-state index is -1.11. The second kappa shape index (κ2) is 12.4. The summed E-state index contributed by atoms with van der Waals surface area (Å²) < 4.78 is 10.1. The molecule has 2 aromatic rings. The van der Waals surface area contributed by atoms with Crippen molar-refractivity contribution in [3.8, 4) is 11.8 Å². The van der Waals surface area contributed by atoms with Crippen LogP contribution in [0.4, 0.5) is 0 Å². The molecule has 1 aromatic carbocycles. The van der Waals surface area contributed by atoms with Gasteiger partial charge in [-0.15, -0.1) is 0 Å². The lowest BCUT2D eigenvalue weighted by molar-refractivity contribution is 0.0693. The van der Waals surface area contributed by atoms with E-state index in [-0.39, 0.29) is 10.6 Å². The summed E-state index contributed by atoms with van der Waals surface area (Å²) in [6.07, 6.45) is 0. The monoisotopic (exact) mass is 427 g/mol. The van der Waals surface area contributed by atoms with Crippen LogP contribution in [0.5, 0.6) is 11.8 Å². The molecule has 0 aliphatic carbocycles. The predicted molar refractivity (Wildman–Crippen MR) is 111 cm³/mol. The van der Waals surface area contributed by atoms with Crippen molar-refractivity contribution in [2.75, 3.05) is 33.9 Å². The third-order valence-corrected chi connectivity index (χ3v) is 5.05. The van der Waals surface area contributed by atoms with E-state index < -0.39 is 5.97 Å². The topological polar surface area (TPSA) is 84.8 Å². The summed E-state index contributed by atoms with van der Waals surface area (Å²) in [4.78, 5) is 22.4. The van der Waals surface area contributed by atoms with Crippen LogP contribution >= 0.6 is 23.4 Å². The van der Waals surface area contributed by atoms with E-state index >= 15 is 0 Å². The Morgan fingerprint density at radius 2 is 1.64 bits per heavy atom. The molecule has 0 radical (unpaired) electrons. The molecule has 0 aliphatic heterocycles. The van der Waals surface area contributed by atoms with Gasteiger partial charge in [-0.1, -0.05) is 38.4 Å². The molecule has 0 atom stereocenters. The Hall–Kier alpha value is -2.03. The molecule has 28 heavy (non-hydrogen) atoms. The normalized spacial score (nSPS) is 10.2. The number of halogens is 1. The van der Waals surface area contributed by atoms with Gasteiger partial charge < -0.3 is 19.5 Å². The van der Waals surface area contributed by atoms with E-state index in [4.69, 9.17) is 21.1 Å². The minimum Gasteiger partial charge on any atom is -0.481 e. The standard InChI is InChI=1S/C13H11ClN2O4S.C6H15N/c1-19-9-6-10(20-2)16-13(15-9)21-8-5-3-4-7(14)11(8)12(17)18;1-4-7(5-2)6-3/h3-6H,1-2H3,(H,17,18);4-6H2,1-3H3. The number of carboxylic acid groups (broad SMARTS) is 1. The average molecular weight is 428 g/mol. The lowest BCUT2D eigenvalue weighted by Gasteiger charge is -2.13. The van der Waals surface area contributed by atoms with Gasteiger partial charge in [0.2, 0.25) is 11.8 Å². The maximum absolute atomic E-state index is 11.3. The molecule has 0 saturated heterocycles. The van der Waals surface area contributed by atoms with Crippen LogP contribution in [0.25, 0.3) is 0 Å². The van der Waals surface area contributed by atoms with Crippen LogP contribution in [0.3, 0.4) is 0 Å². The summed E-state index contributed by atoms with van der Waals surface area (Å²) in [6, 6.07) is 6.34. The van der Waals surface area contributed by atoms with E-state index in [0.717, 1.165) is 11.8 Å². The third-order valence-electron chi connectivity index (χ3n) is 3.81. The van der Waals surface area contributed by atoms with Crippen LogP contribution in [-0.2, 0) is 0 Å². The van der Waals surface area contributed by atoms with E-state index in [9.17, 15) is 9.90 Å². The van der Waals surface area contributed by atoms with Crippen LogP contribution < -0.4 is 9.47 Å². The van der Waals surface area contributed by atoms with Gasteiger partial charge in [0.05, 0.1) is 30.9 Å². The van der Waals surface area contributed by atoms with Gasteiger partial charge in [0.25, 0.3) is 0 Å². The van der Waals surface area contributed by atoms with Crippen molar-refractivity contribution in [2.45, 2.75) is 30.8 Å². The first-order valence-electron chi connectivity index (χ1n) is 8.79. The van der Waals surface area contributed by atoms with Gasteiger partial charge in [0.1, 0.15) is 0 Å². The summed E-state index contributed by atoms with van der Waals surface area (Å²) in [7, 11) is 2.94. The van der Waals surface area contributed by atoms with Crippen molar-refractivity contribution >= 4 is 29.3 Å². The molecular weight excluding hydrogens is 402 g/mol. The quantitative estimate of drug-likeness (QED) is 0.622. The Morgan fingerprint density at radius 3 is 2.04 bits per heavy atom. The molecule has 0 amide bonds. The number of rotatable bonds is 8. The fourth-order valence-electron chi connectivity index (χ4n) is 2.20. The second-order valence-corrected chi connectivity index (χ2v) is 6.79. The molecule has 0 bridgehead atoms. The van der Waals surface area contributed by atoms with E-state index in [1.54, 1.807) is 12.1 Å². The second-order valence-electron chi connectivity index (χ2n) is 5.37. The molecule has 154 valence electrons. The maximum atomic E-state index is 11.3. The Morgan fingerprint density at radius 1 is 1.11 bits per heavy atom. The highest BCUT2D eigenvalue weighted by molar-refractivity contribution is 7.99. The number of ether oxygens (including phenoxy) is 2. The molecule has 1 N–H and O–H groups in total. The zero-order valence-corrected chi connectivity index (χ0v) is 18.3. The van der Waals surface area contributed by atoms with E-state index in [2.05, 4.69) is 35.6 Å². The van der Waals surface area contributed by atoms with E-state index in [0.29, 0.717) is 21.8 Å². The van der Waals surface area contributed by atoms with Gasteiger partial charge in [-0.2, -0.15) is 9.97 Å². The highest BCUT2D eigenvalue weighted by atomic mass is 35.5. The average Bonchev–Trinajstić information content (AvgIpc) is 2.69. The highest BCUT2D eigenvalue weighted by Crippen LogP contribution is 2.33. The lowest BCUT2D eigenvalue weighted by Crippen LogP contribution is -2.21. The molecule has 1 aromatic heterocycles. The number of benzene rings is 1. The first kappa shape index (κ1) is 24.0. The third kappa shape index (κ3) is 7.18. The summed E-state index contributed by atoms with van der Waals surface area (Å²) in [5.41, 5.74) is 0.00885. The number of carbonyl (C=O) groups is 1. The SMILES string of the molecule is CCN(CC)CC.COc1cc(OC)nc(Sc2cccc(Cl)c2C(=O)O)n1.